The van der Waals surface area contributed by atoms with Crippen molar-refractivity contribution in [3.05, 3.63) is 42.5 Å². The Kier molecular flexibility index (Phi) is 7.36. The number of methoxy groups -OCH3 is 1. The average Bonchev–Trinajstić information content (AvgIpc) is 3.38. The van der Waals surface area contributed by atoms with Gasteiger partial charge in [0.25, 0.3) is 5.91 Å². The van der Waals surface area contributed by atoms with Crippen LogP contribution in [0.2, 0.25) is 0 Å². The van der Waals surface area contributed by atoms with Crippen LogP contribution < -0.4 is 19.7 Å². The van der Waals surface area contributed by atoms with Gasteiger partial charge in [-0.2, -0.15) is 4.31 Å². The lowest BCUT2D eigenvalue weighted by atomic mass is 10.2. The molecule has 1 amide bonds. The van der Waals surface area contributed by atoms with Gasteiger partial charge in [0.15, 0.2) is 6.61 Å². The van der Waals surface area contributed by atoms with Crippen LogP contribution in [0.1, 0.15) is 12.8 Å². The third-order valence-corrected chi connectivity index (χ3v) is 7.62. The van der Waals surface area contributed by atoms with Crippen molar-refractivity contribution in [3.8, 4) is 11.5 Å². The average molecular weight is 476 g/mol. The Morgan fingerprint density at radius 3 is 2.33 bits per heavy atom. The van der Waals surface area contributed by atoms with E-state index in [0.717, 1.165) is 31.6 Å². The molecule has 0 saturated carbocycles. The first-order valence-electron chi connectivity index (χ1n) is 11.0. The second kappa shape index (κ2) is 10.4. The molecule has 0 spiro atoms. The quantitative estimate of drug-likeness (QED) is 0.626. The van der Waals surface area contributed by atoms with Gasteiger partial charge in [0, 0.05) is 26.2 Å². The number of hydrogen-bond acceptors (Lipinski definition) is 7. The molecule has 9 nitrogen and oxygen atoms in total. The summed E-state index contributed by atoms with van der Waals surface area (Å²) in [5, 5.41) is 2.86. The highest BCUT2D eigenvalue weighted by molar-refractivity contribution is 7.89. The van der Waals surface area contributed by atoms with Crippen molar-refractivity contribution in [2.75, 3.05) is 63.3 Å². The van der Waals surface area contributed by atoms with Gasteiger partial charge in [-0.25, -0.2) is 8.42 Å². The molecule has 0 unspecified atom stereocenters. The maximum Gasteiger partial charge on any atom is 0.262 e. The van der Waals surface area contributed by atoms with Crippen LogP contribution in [0.25, 0.3) is 0 Å². The van der Waals surface area contributed by atoms with E-state index in [-0.39, 0.29) is 17.4 Å². The van der Waals surface area contributed by atoms with Crippen LogP contribution in [-0.2, 0) is 19.6 Å². The van der Waals surface area contributed by atoms with Crippen molar-refractivity contribution >= 4 is 27.3 Å². The molecule has 2 saturated heterocycles. The van der Waals surface area contributed by atoms with Crippen molar-refractivity contribution in [1.82, 2.24) is 4.31 Å². The minimum Gasteiger partial charge on any atom is -0.497 e. The number of morpholine rings is 1. The number of rotatable bonds is 8. The molecule has 0 aromatic heterocycles. The molecule has 10 heteroatoms. The molecule has 0 radical (unpaired) electrons. The van der Waals surface area contributed by atoms with Gasteiger partial charge in [-0.1, -0.05) is 0 Å². The third kappa shape index (κ3) is 5.58. The number of nitrogens with zero attached hydrogens (tertiary/aromatic N) is 2. The molecule has 0 aliphatic carbocycles. The molecule has 2 aromatic carbocycles. The van der Waals surface area contributed by atoms with Gasteiger partial charge in [0.1, 0.15) is 11.5 Å². The number of carbonyl (C=O) groups is 1. The number of ether oxygens (including phenoxy) is 3. The summed E-state index contributed by atoms with van der Waals surface area (Å²) in [4.78, 5) is 15.0. The minimum atomic E-state index is -3.68. The molecule has 2 fully saturated rings. The summed E-state index contributed by atoms with van der Waals surface area (Å²) in [5.74, 6) is 0.863. The number of benzene rings is 2. The lowest BCUT2D eigenvalue weighted by Gasteiger charge is -2.27. The van der Waals surface area contributed by atoms with E-state index in [1.165, 1.54) is 4.31 Å². The molecule has 178 valence electrons. The zero-order valence-corrected chi connectivity index (χ0v) is 19.5. The van der Waals surface area contributed by atoms with Crippen molar-refractivity contribution in [2.24, 2.45) is 0 Å². The highest BCUT2D eigenvalue weighted by Crippen LogP contribution is 2.32. The topological polar surface area (TPSA) is 97.4 Å². The maximum atomic E-state index is 13.1. The smallest absolute Gasteiger partial charge is 0.262 e. The number of sulfonamides is 1. The van der Waals surface area contributed by atoms with Gasteiger partial charge < -0.3 is 24.4 Å². The zero-order valence-electron chi connectivity index (χ0n) is 18.7. The number of nitrogens with one attached hydrogen (secondary N) is 1. The van der Waals surface area contributed by atoms with Crippen LogP contribution in [0.3, 0.4) is 0 Å². The number of hydrogen-bond donors (Lipinski definition) is 1. The molecule has 0 bridgehead atoms. The SMILES string of the molecule is COc1ccc(OCC(=O)Nc2cc(S(=O)(=O)N3CCOCC3)ccc2N2CCCC2)cc1. The summed E-state index contributed by atoms with van der Waals surface area (Å²) in [6, 6.07) is 11.9. The molecule has 33 heavy (non-hydrogen) atoms. The largest absolute Gasteiger partial charge is 0.497 e. The van der Waals surface area contributed by atoms with E-state index in [1.54, 1.807) is 49.6 Å². The molecule has 2 aliphatic heterocycles. The Morgan fingerprint density at radius 1 is 1.00 bits per heavy atom. The van der Waals surface area contributed by atoms with E-state index in [2.05, 4.69) is 10.2 Å². The predicted molar refractivity (Wildman–Crippen MR) is 125 cm³/mol. The van der Waals surface area contributed by atoms with Crippen molar-refractivity contribution in [2.45, 2.75) is 17.7 Å². The fraction of sp³-hybridized carbons (Fsp3) is 0.435. The number of anilines is 2. The molecule has 1 N–H and O–H groups in total. The molecular formula is C23H29N3O6S. The molecule has 2 aliphatic rings. The van der Waals surface area contributed by atoms with E-state index in [1.807, 2.05) is 0 Å². The Morgan fingerprint density at radius 2 is 1.67 bits per heavy atom. The van der Waals surface area contributed by atoms with E-state index in [4.69, 9.17) is 14.2 Å². The lowest BCUT2D eigenvalue weighted by molar-refractivity contribution is -0.118. The summed E-state index contributed by atoms with van der Waals surface area (Å²) >= 11 is 0. The fourth-order valence-corrected chi connectivity index (χ4v) is 5.39. The van der Waals surface area contributed by atoms with Crippen LogP contribution in [0.5, 0.6) is 11.5 Å². The standard InChI is InChI=1S/C23H29N3O6S/c1-30-18-4-6-19(7-5-18)32-17-23(27)24-21-16-20(8-9-22(21)25-10-2-3-11-25)33(28,29)26-12-14-31-15-13-26/h4-9,16H,2-3,10-15,17H2,1H3,(H,24,27). The van der Waals surface area contributed by atoms with E-state index < -0.39 is 10.0 Å². The monoisotopic (exact) mass is 475 g/mol. The third-order valence-electron chi connectivity index (χ3n) is 5.73. The van der Waals surface area contributed by atoms with Crippen molar-refractivity contribution in [3.63, 3.8) is 0 Å². The lowest BCUT2D eigenvalue weighted by Crippen LogP contribution is -2.40. The second-order valence-corrected chi connectivity index (χ2v) is 9.84. The normalized spacial score (nSPS) is 17.1. The first kappa shape index (κ1) is 23.3. The van der Waals surface area contributed by atoms with Gasteiger partial charge in [-0.05, 0) is 55.3 Å². The number of amides is 1. The van der Waals surface area contributed by atoms with Crippen molar-refractivity contribution < 1.29 is 27.4 Å². The highest BCUT2D eigenvalue weighted by Gasteiger charge is 2.28. The van der Waals surface area contributed by atoms with Crippen LogP contribution in [-0.4, -0.2) is 71.7 Å². The van der Waals surface area contributed by atoms with E-state index in [0.29, 0.717) is 43.5 Å². The van der Waals surface area contributed by atoms with Crippen LogP contribution >= 0.6 is 0 Å². The zero-order chi connectivity index (χ0) is 23.3. The van der Waals surface area contributed by atoms with Crippen molar-refractivity contribution in [1.29, 1.82) is 0 Å². The molecule has 2 heterocycles. The van der Waals surface area contributed by atoms with Gasteiger partial charge in [0.2, 0.25) is 10.0 Å². The summed E-state index contributed by atoms with van der Waals surface area (Å²) in [5.41, 5.74) is 1.28. The summed E-state index contributed by atoms with van der Waals surface area (Å²) in [7, 11) is -2.10. The molecule has 2 aromatic rings. The maximum absolute atomic E-state index is 13.1. The Balaban J connectivity index is 1.52. The first-order chi connectivity index (χ1) is 16.0. The molecular weight excluding hydrogens is 446 g/mol. The molecule has 0 atom stereocenters. The summed E-state index contributed by atoms with van der Waals surface area (Å²) in [6.07, 6.45) is 2.11. The Labute approximate surface area is 194 Å². The van der Waals surface area contributed by atoms with Gasteiger partial charge in [-0.15, -0.1) is 0 Å². The second-order valence-electron chi connectivity index (χ2n) is 7.90. The van der Waals surface area contributed by atoms with Gasteiger partial charge >= 0.3 is 0 Å². The van der Waals surface area contributed by atoms with Crippen LogP contribution in [0, 0.1) is 0 Å². The van der Waals surface area contributed by atoms with Crippen LogP contribution in [0.15, 0.2) is 47.4 Å². The fourth-order valence-electron chi connectivity index (χ4n) is 3.95. The Bertz CT molecular complexity index is 1060. The summed E-state index contributed by atoms with van der Waals surface area (Å²) in [6.45, 7) is 2.89. The van der Waals surface area contributed by atoms with Gasteiger partial charge in [0.05, 0.1) is 36.6 Å². The highest BCUT2D eigenvalue weighted by atomic mass is 32.2. The number of carbonyl (C=O) groups excluding carboxylic acids is 1. The van der Waals surface area contributed by atoms with E-state index in [9.17, 15) is 13.2 Å². The van der Waals surface area contributed by atoms with Gasteiger partial charge in [-0.3, -0.25) is 4.79 Å². The van der Waals surface area contributed by atoms with E-state index >= 15 is 0 Å². The van der Waals surface area contributed by atoms with Crippen LogP contribution in [0.4, 0.5) is 11.4 Å². The summed E-state index contributed by atoms with van der Waals surface area (Å²) < 4.78 is 43.7. The predicted octanol–water partition coefficient (Wildman–Crippen LogP) is 2.33. The Hall–Kier alpha value is -2.82. The first-order valence-corrected chi connectivity index (χ1v) is 12.4. The minimum absolute atomic E-state index is 0.152. The molecule has 4 rings (SSSR count).